The number of aromatic nitrogens is 3. The number of nitrogens with zero attached hydrogens (tertiary/aromatic N) is 3. The summed E-state index contributed by atoms with van der Waals surface area (Å²) in [5.41, 5.74) is 0. The van der Waals surface area contributed by atoms with Gasteiger partial charge in [0.25, 0.3) is 0 Å². The van der Waals surface area contributed by atoms with Crippen molar-refractivity contribution >= 4 is 23.5 Å². The average Bonchev–Trinajstić information content (AvgIpc) is 2.82. The molecule has 0 fully saturated rings. The Bertz CT molecular complexity index is 544. The second-order valence-corrected chi connectivity index (χ2v) is 5.03. The van der Waals surface area contributed by atoms with Crippen LogP contribution in [0.5, 0.6) is 0 Å². The van der Waals surface area contributed by atoms with Crippen molar-refractivity contribution in [3.8, 4) is 0 Å². The minimum Gasteiger partial charge on any atom is -0.360 e. The van der Waals surface area contributed by atoms with E-state index in [1.165, 1.54) is 11.8 Å². The number of thioether (sulfide) groups is 1. The highest BCUT2D eigenvalue weighted by Crippen LogP contribution is 2.22. The van der Waals surface area contributed by atoms with Gasteiger partial charge in [0.05, 0.1) is 5.25 Å². The van der Waals surface area contributed by atoms with Crippen molar-refractivity contribution in [1.82, 2.24) is 15.1 Å². The highest BCUT2D eigenvalue weighted by Gasteiger charge is 2.20. The number of anilines is 1. The molecule has 0 aliphatic carbocycles. The van der Waals surface area contributed by atoms with Gasteiger partial charge in [-0.3, -0.25) is 4.79 Å². The van der Waals surface area contributed by atoms with E-state index >= 15 is 0 Å². The quantitative estimate of drug-likeness (QED) is 0.667. The van der Waals surface area contributed by atoms with Crippen LogP contribution in [0.15, 0.2) is 34.2 Å². The Hall–Kier alpha value is -1.89. The Labute approximate surface area is 115 Å². The van der Waals surface area contributed by atoms with Crippen molar-refractivity contribution in [3.05, 3.63) is 30.3 Å². The average molecular weight is 278 g/mol. The Morgan fingerprint density at radius 1 is 1.47 bits per heavy atom. The molecule has 19 heavy (non-hydrogen) atoms. The molecule has 0 saturated heterocycles. The van der Waals surface area contributed by atoms with Gasteiger partial charge in [0.2, 0.25) is 5.91 Å². The minimum atomic E-state index is -0.264. The molecule has 1 atom stereocenters. The van der Waals surface area contributed by atoms with Crippen LogP contribution in [-0.4, -0.2) is 26.3 Å². The summed E-state index contributed by atoms with van der Waals surface area (Å²) in [7, 11) is 0. The zero-order valence-corrected chi connectivity index (χ0v) is 11.5. The van der Waals surface area contributed by atoms with E-state index in [0.29, 0.717) is 23.2 Å². The van der Waals surface area contributed by atoms with Crippen LogP contribution in [0, 0.1) is 6.92 Å². The van der Waals surface area contributed by atoms with Gasteiger partial charge < -0.3 is 9.84 Å². The highest BCUT2D eigenvalue weighted by molar-refractivity contribution is 8.00. The zero-order valence-electron chi connectivity index (χ0n) is 10.7. The molecule has 0 saturated carbocycles. The topological polar surface area (TPSA) is 80.9 Å². The van der Waals surface area contributed by atoms with Crippen LogP contribution in [0.4, 0.5) is 5.82 Å². The fourth-order valence-electron chi connectivity index (χ4n) is 1.43. The normalized spacial score (nSPS) is 12.1. The van der Waals surface area contributed by atoms with Gasteiger partial charge in [0.15, 0.2) is 11.0 Å². The molecule has 0 unspecified atom stereocenters. The summed E-state index contributed by atoms with van der Waals surface area (Å²) in [5.74, 6) is 0.950. The van der Waals surface area contributed by atoms with Crippen LogP contribution in [0.3, 0.4) is 0 Å². The molecular formula is C12H14N4O2S. The molecule has 0 aliphatic heterocycles. The van der Waals surface area contributed by atoms with E-state index < -0.39 is 0 Å². The second kappa shape index (κ2) is 6.33. The Kier molecular flexibility index (Phi) is 4.51. The van der Waals surface area contributed by atoms with Crippen LogP contribution < -0.4 is 5.32 Å². The standard InChI is InChI=1S/C12H14N4O2S/c1-3-9(19-12-13-5-4-6-14-12)11(17)15-10-7-8(2)18-16-10/h4-7,9H,3H2,1-2H3,(H,15,16,17)/t9-/m1/s1. The molecule has 0 aliphatic rings. The number of nitrogens with one attached hydrogen (secondary N) is 1. The van der Waals surface area contributed by atoms with Gasteiger partial charge >= 0.3 is 0 Å². The molecule has 7 heteroatoms. The van der Waals surface area contributed by atoms with Crippen LogP contribution in [0.25, 0.3) is 0 Å². The smallest absolute Gasteiger partial charge is 0.239 e. The lowest BCUT2D eigenvalue weighted by molar-refractivity contribution is -0.115. The van der Waals surface area contributed by atoms with Crippen molar-refractivity contribution in [2.24, 2.45) is 0 Å². The van der Waals surface area contributed by atoms with Crippen molar-refractivity contribution in [2.75, 3.05) is 5.32 Å². The Balaban J connectivity index is 1.99. The summed E-state index contributed by atoms with van der Waals surface area (Å²) in [5, 5.41) is 6.77. The zero-order chi connectivity index (χ0) is 13.7. The summed E-state index contributed by atoms with van der Waals surface area (Å²) >= 11 is 1.33. The number of hydrogen-bond acceptors (Lipinski definition) is 6. The van der Waals surface area contributed by atoms with Gasteiger partial charge in [-0.15, -0.1) is 0 Å². The predicted octanol–water partition coefficient (Wildman–Crippen LogP) is 2.28. The van der Waals surface area contributed by atoms with Crippen LogP contribution >= 0.6 is 11.8 Å². The summed E-state index contributed by atoms with van der Waals surface area (Å²) in [6.45, 7) is 3.71. The predicted molar refractivity (Wildman–Crippen MR) is 71.8 cm³/mol. The van der Waals surface area contributed by atoms with E-state index in [1.54, 1.807) is 31.5 Å². The maximum Gasteiger partial charge on any atom is 0.239 e. The number of hydrogen-bond donors (Lipinski definition) is 1. The van der Waals surface area contributed by atoms with E-state index in [2.05, 4.69) is 20.4 Å². The summed E-state index contributed by atoms with van der Waals surface area (Å²) in [6.07, 6.45) is 3.98. The Morgan fingerprint density at radius 3 is 2.79 bits per heavy atom. The molecule has 6 nitrogen and oxygen atoms in total. The summed E-state index contributed by atoms with van der Waals surface area (Å²) < 4.78 is 4.90. The molecule has 0 spiro atoms. The van der Waals surface area contributed by atoms with Crippen LogP contribution in [-0.2, 0) is 4.79 Å². The van der Waals surface area contributed by atoms with Crippen molar-refractivity contribution < 1.29 is 9.32 Å². The molecule has 2 heterocycles. The molecule has 2 aromatic heterocycles. The van der Waals surface area contributed by atoms with Crippen molar-refractivity contribution in [2.45, 2.75) is 30.7 Å². The van der Waals surface area contributed by atoms with Gasteiger partial charge in [-0.05, 0) is 19.4 Å². The molecular weight excluding hydrogens is 264 g/mol. The number of carbonyl (C=O) groups is 1. The molecule has 0 radical (unpaired) electrons. The highest BCUT2D eigenvalue weighted by atomic mass is 32.2. The monoisotopic (exact) mass is 278 g/mol. The third kappa shape index (κ3) is 3.78. The first-order chi connectivity index (χ1) is 9.19. The van der Waals surface area contributed by atoms with E-state index in [-0.39, 0.29) is 11.2 Å². The first-order valence-electron chi connectivity index (χ1n) is 5.87. The van der Waals surface area contributed by atoms with Crippen molar-refractivity contribution in [1.29, 1.82) is 0 Å². The molecule has 1 amide bonds. The lowest BCUT2D eigenvalue weighted by Crippen LogP contribution is -2.24. The molecule has 2 rings (SSSR count). The lowest BCUT2D eigenvalue weighted by atomic mass is 10.3. The van der Waals surface area contributed by atoms with Gasteiger partial charge in [-0.25, -0.2) is 9.97 Å². The first kappa shape index (κ1) is 13.5. The largest absolute Gasteiger partial charge is 0.360 e. The molecule has 0 bridgehead atoms. The summed E-state index contributed by atoms with van der Waals surface area (Å²) in [6, 6.07) is 3.41. The summed E-state index contributed by atoms with van der Waals surface area (Å²) in [4.78, 5) is 20.3. The fraction of sp³-hybridized carbons (Fsp3) is 0.333. The number of carbonyl (C=O) groups excluding carboxylic acids is 1. The van der Waals surface area contributed by atoms with Crippen LogP contribution in [0.2, 0.25) is 0 Å². The minimum absolute atomic E-state index is 0.131. The SMILES string of the molecule is CC[C@@H](Sc1ncccn1)C(=O)Nc1cc(C)on1. The lowest BCUT2D eigenvalue weighted by Gasteiger charge is -2.11. The molecule has 1 N–H and O–H groups in total. The van der Waals surface area contributed by atoms with Gasteiger partial charge in [-0.1, -0.05) is 23.8 Å². The third-order valence-corrected chi connectivity index (χ3v) is 3.59. The van der Waals surface area contributed by atoms with Gasteiger partial charge in [0, 0.05) is 18.5 Å². The fourth-order valence-corrected chi connectivity index (χ4v) is 2.26. The van der Waals surface area contributed by atoms with E-state index in [9.17, 15) is 4.79 Å². The van der Waals surface area contributed by atoms with Gasteiger partial charge in [-0.2, -0.15) is 0 Å². The molecule has 0 aromatic carbocycles. The van der Waals surface area contributed by atoms with Gasteiger partial charge in [0.1, 0.15) is 5.76 Å². The Morgan fingerprint density at radius 2 is 2.21 bits per heavy atom. The van der Waals surface area contributed by atoms with Crippen LogP contribution in [0.1, 0.15) is 19.1 Å². The molecule has 2 aromatic rings. The second-order valence-electron chi connectivity index (χ2n) is 3.86. The first-order valence-corrected chi connectivity index (χ1v) is 6.75. The van der Waals surface area contributed by atoms with E-state index in [4.69, 9.17) is 4.52 Å². The number of aryl methyl sites for hydroxylation is 1. The van der Waals surface area contributed by atoms with Crippen molar-refractivity contribution in [3.63, 3.8) is 0 Å². The van der Waals surface area contributed by atoms with E-state index in [0.717, 1.165) is 0 Å². The molecule has 100 valence electrons. The maximum atomic E-state index is 12.1. The number of rotatable bonds is 5. The maximum absolute atomic E-state index is 12.1. The third-order valence-electron chi connectivity index (χ3n) is 2.33. The number of amides is 1. The van der Waals surface area contributed by atoms with E-state index in [1.807, 2.05) is 6.92 Å².